The minimum Gasteiger partial charge on any atom is -0.508 e. The van der Waals surface area contributed by atoms with Gasteiger partial charge in [0.2, 0.25) is 5.91 Å². The molecule has 3 aromatic carbocycles. The van der Waals surface area contributed by atoms with E-state index in [9.17, 15) is 19.8 Å². The molecule has 1 amide bonds. The molecule has 0 fully saturated rings. The average molecular weight is 402 g/mol. The van der Waals surface area contributed by atoms with Crippen molar-refractivity contribution in [1.29, 1.82) is 0 Å². The molecule has 1 aliphatic carbocycles. The van der Waals surface area contributed by atoms with Crippen molar-refractivity contribution in [3.8, 4) is 16.9 Å². The van der Waals surface area contributed by atoms with Crippen LogP contribution in [0.15, 0.2) is 66.7 Å². The highest BCUT2D eigenvalue weighted by Crippen LogP contribution is 2.47. The van der Waals surface area contributed by atoms with Crippen molar-refractivity contribution in [2.45, 2.75) is 24.8 Å². The van der Waals surface area contributed by atoms with Gasteiger partial charge in [-0.25, -0.2) is 0 Å². The van der Waals surface area contributed by atoms with Crippen molar-refractivity contribution < 1.29 is 19.8 Å². The zero-order valence-electron chi connectivity index (χ0n) is 16.2. The summed E-state index contributed by atoms with van der Waals surface area (Å²) in [6.45, 7) is 0. The smallest absolute Gasteiger partial charge is 0.304 e. The number of anilines is 1. The molecule has 0 aliphatic heterocycles. The molecule has 3 aromatic rings. The second-order valence-corrected chi connectivity index (χ2v) is 7.51. The highest BCUT2D eigenvalue weighted by atomic mass is 16.4. The summed E-state index contributed by atoms with van der Waals surface area (Å²) >= 11 is 0. The van der Waals surface area contributed by atoms with Gasteiger partial charge >= 0.3 is 5.97 Å². The largest absolute Gasteiger partial charge is 0.508 e. The lowest BCUT2D eigenvalue weighted by Crippen LogP contribution is -2.37. The van der Waals surface area contributed by atoms with E-state index < -0.39 is 12.0 Å². The van der Waals surface area contributed by atoms with E-state index >= 15 is 0 Å². The van der Waals surface area contributed by atoms with E-state index in [1.165, 1.54) is 0 Å². The van der Waals surface area contributed by atoms with Crippen LogP contribution < -0.4 is 11.1 Å². The van der Waals surface area contributed by atoms with Gasteiger partial charge in [-0.2, -0.15) is 0 Å². The number of nitrogens with two attached hydrogens (primary N) is 1. The topological polar surface area (TPSA) is 113 Å². The molecule has 30 heavy (non-hydrogen) atoms. The summed E-state index contributed by atoms with van der Waals surface area (Å²) in [5.74, 6) is -1.29. The number of fused-ring (bicyclic) bond motifs is 3. The number of hydrogen-bond acceptors (Lipinski definition) is 4. The third-order valence-electron chi connectivity index (χ3n) is 5.43. The van der Waals surface area contributed by atoms with Crippen LogP contribution in [0.1, 0.15) is 29.0 Å². The normalized spacial score (nSPS) is 15.2. The molecule has 4 rings (SSSR count). The van der Waals surface area contributed by atoms with Gasteiger partial charge in [0.25, 0.3) is 0 Å². The number of benzene rings is 3. The molecule has 1 aliphatic rings. The first kappa shape index (κ1) is 19.7. The zero-order chi connectivity index (χ0) is 21.3. The van der Waals surface area contributed by atoms with Crippen molar-refractivity contribution in [3.05, 3.63) is 83.4 Å². The number of phenolic OH excluding ortho intramolecular Hbond substituents is 1. The molecular formula is C24H22N2O4. The fraction of sp³-hybridized carbons (Fsp3) is 0.167. The molecule has 5 N–H and O–H groups in total. The van der Waals surface area contributed by atoms with Crippen LogP contribution >= 0.6 is 0 Å². The van der Waals surface area contributed by atoms with Crippen LogP contribution in [0.3, 0.4) is 0 Å². The first-order valence-corrected chi connectivity index (χ1v) is 9.72. The minimum absolute atomic E-state index is 0.0121. The second-order valence-electron chi connectivity index (χ2n) is 7.51. The Labute approximate surface area is 174 Å². The molecule has 0 saturated carbocycles. The Morgan fingerprint density at radius 3 is 2.40 bits per heavy atom. The second kappa shape index (κ2) is 8.00. The highest BCUT2D eigenvalue weighted by Gasteiger charge is 2.30. The van der Waals surface area contributed by atoms with Crippen LogP contribution in [0.5, 0.6) is 5.75 Å². The first-order chi connectivity index (χ1) is 14.4. The van der Waals surface area contributed by atoms with Gasteiger partial charge in [0.1, 0.15) is 5.75 Å². The standard InChI is InChI=1S/C24H22N2O4/c25-22(11-14-5-8-16(27)9-6-14)24(30)26-15-7-10-19-17-3-1-2-4-18(17)21(13-23(28)29)20(19)12-15/h1-10,12,21-22,27H,11,13,25H2,(H,26,30)(H,28,29). The van der Waals surface area contributed by atoms with Crippen molar-refractivity contribution in [1.82, 2.24) is 0 Å². The van der Waals surface area contributed by atoms with E-state index in [0.717, 1.165) is 27.8 Å². The number of carbonyl (C=O) groups excluding carboxylic acids is 1. The minimum atomic E-state index is -0.868. The number of hydrogen-bond donors (Lipinski definition) is 4. The molecule has 0 spiro atoms. The molecule has 2 atom stereocenters. The molecular weight excluding hydrogens is 380 g/mol. The number of aliphatic carboxylic acids is 1. The molecule has 2 unspecified atom stereocenters. The summed E-state index contributed by atoms with van der Waals surface area (Å²) in [5.41, 5.74) is 11.4. The summed E-state index contributed by atoms with van der Waals surface area (Å²) in [6.07, 6.45) is 0.325. The van der Waals surface area contributed by atoms with Crippen LogP contribution in [0.25, 0.3) is 11.1 Å². The van der Waals surface area contributed by atoms with E-state index in [-0.39, 0.29) is 24.0 Å². The molecule has 152 valence electrons. The molecule has 0 radical (unpaired) electrons. The number of carbonyl (C=O) groups is 2. The Bertz CT molecular complexity index is 1110. The Morgan fingerprint density at radius 1 is 0.967 bits per heavy atom. The van der Waals surface area contributed by atoms with E-state index in [1.807, 2.05) is 42.5 Å². The summed E-state index contributed by atoms with van der Waals surface area (Å²) in [4.78, 5) is 24.0. The summed E-state index contributed by atoms with van der Waals surface area (Å²) in [7, 11) is 0. The Hall–Kier alpha value is -3.64. The maximum absolute atomic E-state index is 12.6. The number of aromatic hydroxyl groups is 1. The highest BCUT2D eigenvalue weighted by molar-refractivity contribution is 5.95. The van der Waals surface area contributed by atoms with Crippen LogP contribution in [0.4, 0.5) is 5.69 Å². The third-order valence-corrected chi connectivity index (χ3v) is 5.43. The number of carboxylic acid groups (broad SMARTS) is 1. The Kier molecular flexibility index (Phi) is 5.25. The number of nitrogens with one attached hydrogen (secondary N) is 1. The predicted molar refractivity (Wildman–Crippen MR) is 114 cm³/mol. The lowest BCUT2D eigenvalue weighted by atomic mass is 9.93. The van der Waals surface area contributed by atoms with Gasteiger partial charge in [0, 0.05) is 11.6 Å². The molecule has 0 heterocycles. The van der Waals surface area contributed by atoms with E-state index in [4.69, 9.17) is 5.73 Å². The van der Waals surface area contributed by atoms with Gasteiger partial charge in [-0.1, -0.05) is 42.5 Å². The quantitative estimate of drug-likeness (QED) is 0.504. The van der Waals surface area contributed by atoms with Gasteiger partial charge in [-0.05, 0) is 58.5 Å². The fourth-order valence-corrected chi connectivity index (χ4v) is 4.00. The van der Waals surface area contributed by atoms with Crippen molar-refractivity contribution in [2.24, 2.45) is 5.73 Å². The SMILES string of the molecule is NC(Cc1ccc(O)cc1)C(=O)Nc1ccc2c(c1)C(CC(=O)O)c1ccccc1-2. The van der Waals surface area contributed by atoms with Crippen LogP contribution in [0.2, 0.25) is 0 Å². The third kappa shape index (κ3) is 3.90. The number of carboxylic acids is 1. The summed E-state index contributed by atoms with van der Waals surface area (Å²) in [5, 5.41) is 21.6. The number of rotatable bonds is 6. The van der Waals surface area contributed by atoms with E-state index in [1.54, 1.807) is 24.3 Å². The zero-order valence-corrected chi connectivity index (χ0v) is 16.2. The van der Waals surface area contributed by atoms with Gasteiger partial charge in [-0.3, -0.25) is 9.59 Å². The van der Waals surface area contributed by atoms with Gasteiger partial charge in [-0.15, -0.1) is 0 Å². The fourth-order valence-electron chi connectivity index (χ4n) is 4.00. The first-order valence-electron chi connectivity index (χ1n) is 9.72. The number of amides is 1. The van der Waals surface area contributed by atoms with E-state index in [2.05, 4.69) is 5.32 Å². The summed E-state index contributed by atoms with van der Waals surface area (Å²) < 4.78 is 0. The average Bonchev–Trinajstić information content (AvgIpc) is 3.02. The lowest BCUT2D eigenvalue weighted by molar-refractivity contribution is -0.137. The number of phenols is 1. The monoisotopic (exact) mass is 402 g/mol. The molecule has 0 bridgehead atoms. The molecule has 6 heteroatoms. The van der Waals surface area contributed by atoms with Crippen molar-refractivity contribution in [2.75, 3.05) is 5.32 Å². The maximum atomic E-state index is 12.6. The van der Waals surface area contributed by atoms with Gasteiger partial charge in [0.15, 0.2) is 0 Å². The van der Waals surface area contributed by atoms with Crippen LogP contribution in [-0.2, 0) is 16.0 Å². The van der Waals surface area contributed by atoms with E-state index in [0.29, 0.717) is 12.1 Å². The Morgan fingerprint density at radius 2 is 1.67 bits per heavy atom. The van der Waals surface area contributed by atoms with Crippen molar-refractivity contribution >= 4 is 17.6 Å². The summed E-state index contributed by atoms with van der Waals surface area (Å²) in [6, 6.07) is 19.2. The maximum Gasteiger partial charge on any atom is 0.304 e. The Balaban J connectivity index is 1.54. The lowest BCUT2D eigenvalue weighted by Gasteiger charge is -2.15. The van der Waals surface area contributed by atoms with Gasteiger partial charge in [0.05, 0.1) is 12.5 Å². The van der Waals surface area contributed by atoms with Crippen molar-refractivity contribution in [3.63, 3.8) is 0 Å². The van der Waals surface area contributed by atoms with Gasteiger partial charge < -0.3 is 21.3 Å². The predicted octanol–water partition coefficient (Wildman–Crippen LogP) is 3.49. The van der Waals surface area contributed by atoms with Crippen LogP contribution in [-0.4, -0.2) is 28.1 Å². The molecule has 6 nitrogen and oxygen atoms in total. The van der Waals surface area contributed by atoms with Crippen LogP contribution in [0, 0.1) is 0 Å². The molecule has 0 saturated heterocycles. The molecule has 0 aromatic heterocycles.